The molecule has 96 valence electrons. The second kappa shape index (κ2) is 4.42. The summed E-state index contributed by atoms with van der Waals surface area (Å²) in [6.45, 7) is 7.90. The van der Waals surface area contributed by atoms with E-state index in [1.807, 2.05) is 17.9 Å². The van der Waals surface area contributed by atoms with Gasteiger partial charge in [0.15, 0.2) is 0 Å². The first kappa shape index (κ1) is 12.6. The highest BCUT2D eigenvalue weighted by atomic mass is 15.3. The highest BCUT2D eigenvalue weighted by Crippen LogP contribution is 2.35. The minimum absolute atomic E-state index is 0.151. The first-order chi connectivity index (χ1) is 7.89. The van der Waals surface area contributed by atoms with Crippen molar-refractivity contribution < 1.29 is 0 Å². The number of piperidine rings is 1. The van der Waals surface area contributed by atoms with E-state index in [0.29, 0.717) is 6.04 Å². The van der Waals surface area contributed by atoms with Crippen LogP contribution in [-0.2, 0) is 7.05 Å². The first-order valence-corrected chi connectivity index (χ1v) is 6.40. The van der Waals surface area contributed by atoms with Gasteiger partial charge in [-0.05, 0) is 40.2 Å². The number of rotatable bonds is 1. The third kappa shape index (κ3) is 2.53. The van der Waals surface area contributed by atoms with Gasteiger partial charge in [0, 0.05) is 30.4 Å². The highest BCUT2D eigenvalue weighted by molar-refractivity contribution is 5.15. The van der Waals surface area contributed by atoms with Crippen LogP contribution in [0.25, 0.3) is 0 Å². The molecule has 0 spiro atoms. The minimum atomic E-state index is 0.151. The quantitative estimate of drug-likeness (QED) is 0.807. The molecule has 0 radical (unpaired) electrons. The Morgan fingerprint density at radius 1 is 1.41 bits per heavy atom. The Morgan fingerprint density at radius 2 is 2.12 bits per heavy atom. The molecule has 1 fully saturated rings. The van der Waals surface area contributed by atoms with Gasteiger partial charge in [-0.15, -0.1) is 0 Å². The molecule has 17 heavy (non-hydrogen) atoms. The van der Waals surface area contributed by atoms with Gasteiger partial charge in [0.2, 0.25) is 0 Å². The van der Waals surface area contributed by atoms with Crippen molar-refractivity contribution in [1.82, 2.24) is 14.7 Å². The number of hydrogen-bond acceptors (Lipinski definition) is 3. The van der Waals surface area contributed by atoms with Crippen molar-refractivity contribution in [3.05, 3.63) is 18.0 Å². The lowest BCUT2D eigenvalue weighted by Crippen LogP contribution is -2.53. The average Bonchev–Trinajstić information content (AvgIpc) is 2.63. The van der Waals surface area contributed by atoms with Gasteiger partial charge in [-0.3, -0.25) is 9.58 Å². The van der Waals surface area contributed by atoms with E-state index >= 15 is 0 Å². The molecule has 2 heterocycles. The van der Waals surface area contributed by atoms with Crippen molar-refractivity contribution in [3.63, 3.8) is 0 Å². The summed E-state index contributed by atoms with van der Waals surface area (Å²) in [5, 5.41) is 4.28. The molecular formula is C13H24N4. The molecule has 1 aromatic rings. The normalized spacial score (nSPS) is 27.4. The van der Waals surface area contributed by atoms with Crippen molar-refractivity contribution in [2.75, 3.05) is 6.54 Å². The van der Waals surface area contributed by atoms with E-state index in [1.54, 1.807) is 0 Å². The van der Waals surface area contributed by atoms with Crippen LogP contribution in [0.1, 0.15) is 45.2 Å². The molecule has 1 aliphatic rings. The molecule has 2 unspecified atom stereocenters. The molecule has 2 rings (SSSR count). The van der Waals surface area contributed by atoms with Crippen LogP contribution in [0.3, 0.4) is 0 Å². The van der Waals surface area contributed by atoms with Gasteiger partial charge < -0.3 is 5.73 Å². The van der Waals surface area contributed by atoms with Crippen LogP contribution in [0.5, 0.6) is 0 Å². The lowest BCUT2D eigenvalue weighted by molar-refractivity contribution is 0.0384. The lowest BCUT2D eigenvalue weighted by atomic mass is 9.88. The summed E-state index contributed by atoms with van der Waals surface area (Å²) in [6, 6.07) is 0.518. The fraction of sp³-hybridized carbons (Fsp3) is 0.769. The molecule has 1 aliphatic heterocycles. The van der Waals surface area contributed by atoms with Crippen LogP contribution < -0.4 is 5.73 Å². The summed E-state index contributed by atoms with van der Waals surface area (Å²) in [4.78, 5) is 2.51. The zero-order valence-electron chi connectivity index (χ0n) is 11.3. The molecular weight excluding hydrogens is 212 g/mol. The van der Waals surface area contributed by atoms with E-state index < -0.39 is 0 Å². The van der Waals surface area contributed by atoms with E-state index in [0.717, 1.165) is 13.0 Å². The third-order valence-electron chi connectivity index (χ3n) is 3.61. The number of nitrogens with zero attached hydrogens (tertiary/aromatic N) is 3. The maximum absolute atomic E-state index is 6.33. The highest BCUT2D eigenvalue weighted by Gasteiger charge is 2.36. The van der Waals surface area contributed by atoms with Crippen LogP contribution in [0.4, 0.5) is 0 Å². The maximum Gasteiger partial charge on any atom is 0.0538 e. The summed E-state index contributed by atoms with van der Waals surface area (Å²) in [6.07, 6.45) is 6.34. The van der Waals surface area contributed by atoms with Crippen molar-refractivity contribution in [2.24, 2.45) is 12.8 Å². The standard InChI is InChI=1S/C13H24N4/c1-13(2,3)17-7-5-6-11(14)12(17)10-8-15-16(4)9-10/h8-9,11-12H,5-7,14H2,1-4H3. The smallest absolute Gasteiger partial charge is 0.0538 e. The van der Waals surface area contributed by atoms with Crippen molar-refractivity contribution in [1.29, 1.82) is 0 Å². The summed E-state index contributed by atoms with van der Waals surface area (Å²) >= 11 is 0. The van der Waals surface area contributed by atoms with Crippen LogP contribution in [-0.4, -0.2) is 32.8 Å². The zero-order chi connectivity index (χ0) is 12.6. The molecule has 1 saturated heterocycles. The van der Waals surface area contributed by atoms with Crippen molar-refractivity contribution in [3.8, 4) is 0 Å². The Morgan fingerprint density at radius 3 is 2.65 bits per heavy atom. The molecule has 4 heteroatoms. The second-order valence-corrected chi connectivity index (χ2v) is 6.06. The Hall–Kier alpha value is -0.870. The third-order valence-corrected chi connectivity index (χ3v) is 3.61. The monoisotopic (exact) mass is 236 g/mol. The summed E-state index contributed by atoms with van der Waals surface area (Å²) in [5.41, 5.74) is 7.73. The number of aromatic nitrogens is 2. The largest absolute Gasteiger partial charge is 0.326 e. The van der Waals surface area contributed by atoms with E-state index in [9.17, 15) is 0 Å². The van der Waals surface area contributed by atoms with E-state index in [-0.39, 0.29) is 11.6 Å². The predicted molar refractivity (Wildman–Crippen MR) is 69.6 cm³/mol. The molecule has 0 saturated carbocycles. The number of nitrogens with two attached hydrogens (primary N) is 1. The van der Waals surface area contributed by atoms with Crippen molar-refractivity contribution >= 4 is 0 Å². The fourth-order valence-corrected chi connectivity index (χ4v) is 2.80. The summed E-state index contributed by atoms with van der Waals surface area (Å²) < 4.78 is 1.86. The summed E-state index contributed by atoms with van der Waals surface area (Å²) in [5.74, 6) is 0. The van der Waals surface area contributed by atoms with Crippen LogP contribution >= 0.6 is 0 Å². The Kier molecular flexibility index (Phi) is 3.27. The second-order valence-electron chi connectivity index (χ2n) is 6.06. The van der Waals surface area contributed by atoms with Crippen LogP contribution in [0, 0.1) is 0 Å². The molecule has 0 amide bonds. The molecule has 1 aromatic heterocycles. The predicted octanol–water partition coefficient (Wildman–Crippen LogP) is 1.68. The number of hydrogen-bond donors (Lipinski definition) is 1. The van der Waals surface area contributed by atoms with E-state index in [4.69, 9.17) is 5.73 Å². The van der Waals surface area contributed by atoms with Crippen LogP contribution in [0.15, 0.2) is 12.4 Å². The average molecular weight is 236 g/mol. The number of aryl methyl sites for hydroxylation is 1. The van der Waals surface area contributed by atoms with Gasteiger partial charge in [0.25, 0.3) is 0 Å². The SMILES string of the molecule is Cn1cc(C2C(N)CCCN2C(C)(C)C)cn1. The van der Waals surface area contributed by atoms with Gasteiger partial charge in [0.1, 0.15) is 0 Å². The van der Waals surface area contributed by atoms with Gasteiger partial charge in [-0.1, -0.05) is 0 Å². The first-order valence-electron chi connectivity index (χ1n) is 6.40. The summed E-state index contributed by atoms with van der Waals surface area (Å²) in [7, 11) is 1.96. The maximum atomic E-state index is 6.33. The molecule has 4 nitrogen and oxygen atoms in total. The zero-order valence-corrected chi connectivity index (χ0v) is 11.3. The molecule has 0 aromatic carbocycles. The molecule has 2 N–H and O–H groups in total. The van der Waals surface area contributed by atoms with Crippen LogP contribution in [0.2, 0.25) is 0 Å². The number of likely N-dealkylation sites (tertiary alicyclic amines) is 1. The van der Waals surface area contributed by atoms with Gasteiger partial charge >= 0.3 is 0 Å². The fourth-order valence-electron chi connectivity index (χ4n) is 2.80. The Balaban J connectivity index is 2.31. The lowest BCUT2D eigenvalue weighted by Gasteiger charge is -2.47. The Bertz CT molecular complexity index is 377. The van der Waals surface area contributed by atoms with E-state index in [2.05, 4.69) is 37.0 Å². The molecule has 0 aliphatic carbocycles. The molecule has 2 atom stereocenters. The minimum Gasteiger partial charge on any atom is -0.326 e. The van der Waals surface area contributed by atoms with E-state index in [1.165, 1.54) is 12.0 Å². The Labute approximate surface area is 104 Å². The van der Waals surface area contributed by atoms with Gasteiger partial charge in [-0.25, -0.2) is 0 Å². The van der Waals surface area contributed by atoms with Crippen molar-refractivity contribution in [2.45, 2.75) is 51.2 Å². The van der Waals surface area contributed by atoms with Gasteiger partial charge in [-0.2, -0.15) is 5.10 Å². The molecule has 0 bridgehead atoms. The topological polar surface area (TPSA) is 47.1 Å². The van der Waals surface area contributed by atoms with Gasteiger partial charge in [0.05, 0.1) is 12.2 Å².